The monoisotopic (exact) mass is 374 g/mol. The van der Waals surface area contributed by atoms with Crippen molar-refractivity contribution in [2.24, 2.45) is 12.5 Å². The van der Waals surface area contributed by atoms with E-state index in [4.69, 9.17) is 17.8 Å². The quantitative estimate of drug-likeness (QED) is 0.289. The maximum absolute atomic E-state index is 9.03. The number of benzene rings is 2. The zero-order chi connectivity index (χ0) is 24.5. The topological polar surface area (TPSA) is 21.4 Å². The molecule has 0 atom stereocenters. The van der Waals surface area contributed by atoms with E-state index in [1.807, 2.05) is 25.1 Å². The second kappa shape index (κ2) is 6.49. The number of aromatic nitrogens is 1. The number of aryl methyl sites for hydroxylation is 1. The van der Waals surface area contributed by atoms with E-state index in [0.717, 1.165) is 16.3 Å². The summed E-state index contributed by atoms with van der Waals surface area (Å²) in [5.74, 6) is 0. The van der Waals surface area contributed by atoms with Gasteiger partial charge in [0.2, 0.25) is 11.4 Å². The van der Waals surface area contributed by atoms with Crippen molar-refractivity contribution in [3.8, 4) is 11.3 Å². The van der Waals surface area contributed by atoms with E-state index in [1.165, 1.54) is 4.57 Å². The molecule has 0 N–H and O–H groups in total. The summed E-state index contributed by atoms with van der Waals surface area (Å²) in [4.78, 5) is 3.56. The van der Waals surface area contributed by atoms with Crippen molar-refractivity contribution in [2.75, 3.05) is 0 Å². The standard InChI is InChI=1S/C25H25N2O/c1-16-10-11-19-18-8-7-9-20(26-5)23(18)28-24(19)22(16)21-14-17(12-13-27(21)6)15-25(2,3)4/h7-14H,15H2,1-4,6H3/q+1/i12D,13D,14D,15D2. The number of furan rings is 1. The summed E-state index contributed by atoms with van der Waals surface area (Å²) >= 11 is 0. The van der Waals surface area contributed by atoms with E-state index in [-0.39, 0.29) is 23.8 Å². The molecule has 140 valence electrons. The van der Waals surface area contributed by atoms with Gasteiger partial charge < -0.3 is 4.42 Å². The molecular weight excluding hydrogens is 344 g/mol. The molecule has 0 saturated carbocycles. The Balaban J connectivity index is 2.20. The number of fused-ring (bicyclic) bond motifs is 3. The van der Waals surface area contributed by atoms with Crippen LogP contribution in [0.5, 0.6) is 0 Å². The number of rotatable bonds is 2. The van der Waals surface area contributed by atoms with Crippen LogP contribution in [0.3, 0.4) is 0 Å². The molecule has 0 saturated heterocycles. The first-order valence-electron chi connectivity index (χ1n) is 11.7. The summed E-state index contributed by atoms with van der Waals surface area (Å²) in [6.07, 6.45) is -2.20. The van der Waals surface area contributed by atoms with Gasteiger partial charge >= 0.3 is 0 Å². The van der Waals surface area contributed by atoms with Crippen LogP contribution in [0.25, 0.3) is 38.0 Å². The van der Waals surface area contributed by atoms with Crippen LogP contribution in [0.2, 0.25) is 0 Å². The maximum atomic E-state index is 9.03. The fourth-order valence-corrected chi connectivity index (χ4v) is 3.42. The third-order valence-corrected chi connectivity index (χ3v) is 4.64. The predicted octanol–water partition coefficient (Wildman–Crippen LogP) is 6.53. The summed E-state index contributed by atoms with van der Waals surface area (Å²) in [5, 5.41) is 1.56. The minimum atomic E-state index is -2.02. The second-order valence-electron chi connectivity index (χ2n) is 8.02. The van der Waals surface area contributed by atoms with Crippen LogP contribution in [0.1, 0.15) is 38.8 Å². The maximum Gasteiger partial charge on any atom is 0.229 e. The van der Waals surface area contributed by atoms with Gasteiger partial charge in [-0.2, -0.15) is 0 Å². The van der Waals surface area contributed by atoms with Crippen molar-refractivity contribution in [1.82, 2.24) is 0 Å². The third-order valence-electron chi connectivity index (χ3n) is 4.64. The molecule has 2 heterocycles. The Morgan fingerprint density at radius 2 is 1.93 bits per heavy atom. The van der Waals surface area contributed by atoms with Crippen LogP contribution >= 0.6 is 0 Å². The average molecular weight is 375 g/mol. The van der Waals surface area contributed by atoms with Gasteiger partial charge in [0.05, 0.1) is 14.9 Å². The zero-order valence-corrected chi connectivity index (χ0v) is 16.7. The highest BCUT2D eigenvalue weighted by molar-refractivity contribution is 6.12. The molecule has 0 bridgehead atoms. The molecule has 4 rings (SSSR count). The average Bonchev–Trinajstić information content (AvgIpc) is 3.11. The van der Waals surface area contributed by atoms with E-state index in [0.29, 0.717) is 28.1 Å². The molecule has 0 unspecified atom stereocenters. The van der Waals surface area contributed by atoms with Crippen molar-refractivity contribution in [3.63, 3.8) is 0 Å². The Kier molecular flexibility index (Phi) is 3.04. The van der Waals surface area contributed by atoms with Crippen molar-refractivity contribution < 1.29 is 15.8 Å². The zero-order valence-electron chi connectivity index (χ0n) is 21.7. The van der Waals surface area contributed by atoms with Gasteiger partial charge in [-0.3, -0.25) is 0 Å². The molecule has 28 heavy (non-hydrogen) atoms. The molecule has 0 spiro atoms. The number of hydrogen-bond acceptors (Lipinski definition) is 1. The van der Waals surface area contributed by atoms with E-state index in [9.17, 15) is 0 Å². The molecule has 0 aliphatic carbocycles. The van der Waals surface area contributed by atoms with Crippen LogP contribution < -0.4 is 4.57 Å². The minimum Gasteiger partial charge on any atom is -0.466 e. The highest BCUT2D eigenvalue weighted by atomic mass is 16.3. The fourth-order valence-electron chi connectivity index (χ4n) is 3.42. The largest absolute Gasteiger partial charge is 0.466 e. The van der Waals surface area contributed by atoms with Gasteiger partial charge in [-0.15, -0.1) is 0 Å². The lowest BCUT2D eigenvalue weighted by molar-refractivity contribution is -0.660. The molecule has 2 aromatic heterocycles. The molecule has 0 amide bonds. The van der Waals surface area contributed by atoms with Gasteiger partial charge in [0.1, 0.15) is 19.6 Å². The Bertz CT molecular complexity index is 1490. The van der Waals surface area contributed by atoms with Crippen molar-refractivity contribution >= 4 is 27.6 Å². The normalized spacial score (nSPS) is 14.9. The van der Waals surface area contributed by atoms with Crippen LogP contribution in [0.15, 0.2) is 53.0 Å². The van der Waals surface area contributed by atoms with Gasteiger partial charge in [0, 0.05) is 25.6 Å². The van der Waals surface area contributed by atoms with Crippen molar-refractivity contribution in [3.05, 3.63) is 71.1 Å². The summed E-state index contributed by atoms with van der Waals surface area (Å²) in [5.41, 5.74) is 1.97. The van der Waals surface area contributed by atoms with Gasteiger partial charge in [0.15, 0.2) is 6.17 Å². The van der Waals surface area contributed by atoms with Gasteiger partial charge in [-0.1, -0.05) is 51.1 Å². The van der Waals surface area contributed by atoms with E-state index < -0.39 is 11.8 Å². The first-order chi connectivity index (χ1) is 15.3. The summed E-state index contributed by atoms with van der Waals surface area (Å²) in [7, 11) is 1.61. The number of hydrogen-bond donors (Lipinski definition) is 0. The van der Waals surface area contributed by atoms with Gasteiger partial charge in [-0.05, 0) is 29.8 Å². The lowest BCUT2D eigenvalue weighted by atomic mass is 9.88. The van der Waals surface area contributed by atoms with E-state index in [1.54, 1.807) is 40.0 Å². The van der Waals surface area contributed by atoms with E-state index >= 15 is 0 Å². The van der Waals surface area contributed by atoms with Crippen molar-refractivity contribution in [1.29, 1.82) is 0 Å². The lowest BCUT2D eigenvalue weighted by Gasteiger charge is -2.18. The Hall–Kier alpha value is -3.12. The van der Waals surface area contributed by atoms with Crippen LogP contribution in [0.4, 0.5) is 5.69 Å². The minimum absolute atomic E-state index is 0.109. The summed E-state index contributed by atoms with van der Waals surface area (Å²) in [6, 6.07) is 8.74. The Labute approximate surface area is 173 Å². The summed E-state index contributed by atoms with van der Waals surface area (Å²) < 4.78 is 51.3. The number of pyridine rings is 1. The first kappa shape index (κ1) is 13.1. The molecule has 0 aliphatic heterocycles. The van der Waals surface area contributed by atoms with Gasteiger partial charge in [-0.25, -0.2) is 9.41 Å². The lowest BCUT2D eigenvalue weighted by Crippen LogP contribution is -2.31. The number of nitrogens with zero attached hydrogens (tertiary/aromatic N) is 2. The highest BCUT2D eigenvalue weighted by Crippen LogP contribution is 2.40. The van der Waals surface area contributed by atoms with Crippen LogP contribution in [0, 0.1) is 18.9 Å². The third kappa shape index (κ3) is 3.05. The molecular formula is C25H25N2O+. The molecule has 3 nitrogen and oxygen atoms in total. The van der Waals surface area contributed by atoms with Crippen LogP contribution in [-0.4, -0.2) is 0 Å². The molecule has 2 aromatic carbocycles. The summed E-state index contributed by atoms with van der Waals surface area (Å²) in [6.45, 7) is 14.5. The molecule has 4 aromatic rings. The predicted molar refractivity (Wildman–Crippen MR) is 114 cm³/mol. The second-order valence-corrected chi connectivity index (χ2v) is 8.02. The Morgan fingerprint density at radius 1 is 1.18 bits per heavy atom. The molecule has 0 radical (unpaired) electrons. The first-order valence-corrected chi connectivity index (χ1v) is 9.15. The van der Waals surface area contributed by atoms with Crippen LogP contribution in [-0.2, 0) is 13.4 Å². The molecule has 0 fully saturated rings. The fraction of sp³-hybridized carbons (Fsp3) is 0.280. The number of para-hydroxylation sites is 1. The Morgan fingerprint density at radius 3 is 2.64 bits per heavy atom. The molecule has 0 aliphatic rings. The van der Waals surface area contributed by atoms with Crippen molar-refractivity contribution in [2.45, 2.75) is 34.1 Å². The molecule has 3 heteroatoms. The highest BCUT2D eigenvalue weighted by Gasteiger charge is 2.22. The smallest absolute Gasteiger partial charge is 0.229 e. The van der Waals surface area contributed by atoms with E-state index in [2.05, 4.69) is 4.85 Å². The SMILES string of the molecule is [2H]c1c(C([2H])([2H])C(C)(C)C)c([2H])c(-c2c(C)ccc3c2oc2c([N+]#[C-])cccc23)[n+](C)c1[2H]. The van der Waals surface area contributed by atoms with Gasteiger partial charge in [0.25, 0.3) is 0 Å².